The van der Waals surface area contributed by atoms with Crippen molar-refractivity contribution in [3.05, 3.63) is 0 Å². The Morgan fingerprint density at radius 2 is 0.841 bits per heavy atom. The van der Waals surface area contributed by atoms with Crippen molar-refractivity contribution in [1.29, 1.82) is 0 Å². The fourth-order valence-electron chi connectivity index (χ4n) is 2.31. The maximum atomic E-state index is 11.5. The molecule has 21 nitrogen and oxygen atoms in total. The van der Waals surface area contributed by atoms with Crippen LogP contribution in [0.25, 0.3) is 0 Å². The van der Waals surface area contributed by atoms with Gasteiger partial charge in [0.25, 0.3) is 0 Å². The molecule has 0 spiro atoms. The van der Waals surface area contributed by atoms with Crippen molar-refractivity contribution < 1.29 is 73.8 Å². The van der Waals surface area contributed by atoms with Crippen molar-refractivity contribution in [2.24, 2.45) is 11.5 Å². The highest BCUT2D eigenvalue weighted by Crippen LogP contribution is 1.98. The van der Waals surface area contributed by atoms with Crippen LogP contribution in [0.3, 0.4) is 0 Å². The third-order valence-electron chi connectivity index (χ3n) is 4.50. The van der Waals surface area contributed by atoms with E-state index >= 15 is 0 Å². The first kappa shape index (κ1) is 44.1. The maximum absolute atomic E-state index is 11.5. The molecule has 0 radical (unpaired) electrons. The molecule has 0 aromatic rings. The number of thiol groups is 2. The van der Waals surface area contributed by atoms with E-state index in [1.54, 1.807) is 0 Å². The maximum Gasteiger partial charge on any atom is 0.503 e. The van der Waals surface area contributed by atoms with Crippen molar-refractivity contribution in [2.75, 3.05) is 24.6 Å². The fraction of sp³-hybridized carbons (Fsp3) is 0.571. The predicted octanol–water partition coefficient (Wildman–Crippen LogP) is -4.19. The van der Waals surface area contributed by atoms with Crippen LogP contribution in [0.2, 0.25) is 0 Å². The highest BCUT2D eigenvalue weighted by atomic mass is 32.1. The summed E-state index contributed by atoms with van der Waals surface area (Å²) in [6.45, 7) is -1.13. The fourth-order valence-corrected chi connectivity index (χ4v) is 2.83. The van der Waals surface area contributed by atoms with E-state index in [-0.39, 0.29) is 37.2 Å². The SMILES string of the molecule is N[C@@H](CCC(=O)N[C@@H](CS)C(=O)NCC(=O)O)C(=O)O.N[C@@H](CCC(=O)N[C@@H](CS)C(=O)NCC(=O)O)C(=O)O.O=C(O)O. The minimum atomic E-state index is -1.83. The van der Waals surface area contributed by atoms with Crippen LogP contribution in [0.5, 0.6) is 0 Å². The normalized spacial score (nSPS) is 12.5. The van der Waals surface area contributed by atoms with Crippen LogP contribution in [0.4, 0.5) is 4.79 Å². The summed E-state index contributed by atoms with van der Waals surface area (Å²) in [5, 5.41) is 56.7. The first-order valence-corrected chi connectivity index (χ1v) is 13.2. The van der Waals surface area contributed by atoms with Crippen LogP contribution in [0.1, 0.15) is 25.7 Å². The minimum Gasteiger partial charge on any atom is -0.480 e. The summed E-state index contributed by atoms with van der Waals surface area (Å²) in [4.78, 5) is 96.0. The van der Waals surface area contributed by atoms with Gasteiger partial charge in [-0.15, -0.1) is 0 Å². The van der Waals surface area contributed by atoms with E-state index in [0.717, 1.165) is 0 Å². The van der Waals surface area contributed by atoms with Gasteiger partial charge in [0.1, 0.15) is 37.3 Å². The molecule has 0 aromatic heterocycles. The summed E-state index contributed by atoms with van der Waals surface area (Å²) in [6.07, 6.45) is -2.30. The molecule has 0 bridgehead atoms. The molecule has 0 saturated heterocycles. The molecule has 0 saturated carbocycles. The zero-order valence-corrected chi connectivity index (χ0v) is 24.7. The van der Waals surface area contributed by atoms with E-state index in [1.165, 1.54) is 0 Å². The largest absolute Gasteiger partial charge is 0.503 e. The van der Waals surface area contributed by atoms with Gasteiger partial charge in [-0.05, 0) is 12.8 Å². The summed E-state index contributed by atoms with van der Waals surface area (Å²) >= 11 is 7.75. The van der Waals surface area contributed by atoms with Crippen molar-refractivity contribution in [2.45, 2.75) is 49.9 Å². The molecular formula is C21H36N6O15S2. The van der Waals surface area contributed by atoms with Gasteiger partial charge in [0.15, 0.2) is 0 Å². The zero-order chi connectivity index (χ0) is 35.0. The number of hydrogen-bond donors (Lipinski definition) is 14. The van der Waals surface area contributed by atoms with Gasteiger partial charge >= 0.3 is 30.0 Å². The first-order chi connectivity index (χ1) is 20.3. The van der Waals surface area contributed by atoms with Crippen LogP contribution in [0, 0.1) is 0 Å². The van der Waals surface area contributed by atoms with Crippen LogP contribution in [-0.4, -0.2) is 133 Å². The molecule has 0 aliphatic rings. The molecular weight excluding hydrogens is 640 g/mol. The van der Waals surface area contributed by atoms with Crippen LogP contribution in [0.15, 0.2) is 0 Å². The van der Waals surface area contributed by atoms with E-state index in [2.05, 4.69) is 46.5 Å². The Kier molecular flexibility index (Phi) is 25.2. The molecule has 252 valence electrons. The van der Waals surface area contributed by atoms with Crippen molar-refractivity contribution in [3.63, 3.8) is 0 Å². The topological polar surface area (TPSA) is 375 Å². The highest BCUT2D eigenvalue weighted by Gasteiger charge is 2.22. The first-order valence-electron chi connectivity index (χ1n) is 12.0. The number of aliphatic carboxylic acids is 4. The summed E-state index contributed by atoms with van der Waals surface area (Å²) in [5.74, 6) is -7.41. The number of carboxylic acid groups (broad SMARTS) is 6. The minimum absolute atomic E-state index is 0.0256. The molecule has 0 heterocycles. The Bertz CT molecular complexity index is 940. The zero-order valence-electron chi connectivity index (χ0n) is 22.9. The number of nitrogens with two attached hydrogens (primary N) is 2. The van der Waals surface area contributed by atoms with Gasteiger partial charge in [-0.2, -0.15) is 25.3 Å². The van der Waals surface area contributed by atoms with Gasteiger partial charge in [-0.25, -0.2) is 4.79 Å². The highest BCUT2D eigenvalue weighted by molar-refractivity contribution is 7.80. The molecule has 0 fully saturated rings. The average molecular weight is 677 g/mol. The van der Waals surface area contributed by atoms with Crippen molar-refractivity contribution in [1.82, 2.24) is 21.3 Å². The molecule has 0 unspecified atom stereocenters. The second-order valence-electron chi connectivity index (χ2n) is 8.08. The molecule has 44 heavy (non-hydrogen) atoms. The van der Waals surface area contributed by atoms with Gasteiger partial charge in [-0.1, -0.05) is 0 Å². The Balaban J connectivity index is -0.000000680. The second kappa shape index (κ2) is 25.2. The number of rotatable bonds is 18. The van der Waals surface area contributed by atoms with Crippen LogP contribution in [-0.2, 0) is 38.4 Å². The molecule has 0 aromatic carbocycles. The summed E-state index contributed by atoms with van der Waals surface area (Å²) in [5.41, 5.74) is 10.5. The lowest BCUT2D eigenvalue weighted by atomic mass is 10.1. The van der Waals surface area contributed by atoms with E-state index < -0.39 is 90.9 Å². The third kappa shape index (κ3) is 26.5. The molecule has 0 rings (SSSR count). The molecule has 4 amide bonds. The Morgan fingerprint density at radius 1 is 0.568 bits per heavy atom. The monoisotopic (exact) mass is 676 g/mol. The van der Waals surface area contributed by atoms with Gasteiger partial charge in [-0.3, -0.25) is 38.4 Å². The number of carbonyl (C=O) groups is 9. The van der Waals surface area contributed by atoms with Gasteiger partial charge in [0.05, 0.1) is 0 Å². The molecule has 14 N–H and O–H groups in total. The number of hydrogen-bond acceptors (Lipinski definition) is 13. The number of carbonyl (C=O) groups excluding carboxylic acids is 4. The third-order valence-corrected chi connectivity index (χ3v) is 5.23. The van der Waals surface area contributed by atoms with Crippen LogP contribution >= 0.6 is 25.3 Å². The lowest BCUT2D eigenvalue weighted by molar-refractivity contribution is -0.140. The lowest BCUT2D eigenvalue weighted by Gasteiger charge is -2.16. The molecule has 4 atom stereocenters. The van der Waals surface area contributed by atoms with Gasteiger partial charge in [0.2, 0.25) is 23.6 Å². The van der Waals surface area contributed by atoms with Crippen LogP contribution < -0.4 is 32.7 Å². The summed E-state index contributed by atoms with van der Waals surface area (Å²) in [7, 11) is 0. The number of carboxylic acids is 4. The quantitative estimate of drug-likeness (QED) is 0.0612. The summed E-state index contributed by atoms with van der Waals surface area (Å²) in [6, 6.07) is -4.30. The molecule has 23 heteroatoms. The smallest absolute Gasteiger partial charge is 0.480 e. The average Bonchev–Trinajstić information content (AvgIpc) is 2.93. The Morgan fingerprint density at radius 3 is 1.05 bits per heavy atom. The number of nitrogens with one attached hydrogen (secondary N) is 4. The van der Waals surface area contributed by atoms with E-state index in [0.29, 0.717) is 0 Å². The molecule has 0 aliphatic heterocycles. The predicted molar refractivity (Wildman–Crippen MR) is 153 cm³/mol. The second-order valence-corrected chi connectivity index (χ2v) is 8.81. The Labute approximate surface area is 259 Å². The van der Waals surface area contributed by atoms with Gasteiger partial charge < -0.3 is 63.4 Å². The van der Waals surface area contributed by atoms with E-state index in [1.807, 2.05) is 0 Å². The van der Waals surface area contributed by atoms with E-state index in [9.17, 15) is 38.4 Å². The van der Waals surface area contributed by atoms with E-state index in [4.69, 9.17) is 46.9 Å². The Hall–Kier alpha value is -4.35. The lowest BCUT2D eigenvalue weighted by Crippen LogP contribution is -2.49. The van der Waals surface area contributed by atoms with Crippen molar-refractivity contribution in [3.8, 4) is 0 Å². The van der Waals surface area contributed by atoms with Gasteiger partial charge in [0, 0.05) is 24.3 Å². The standard InChI is InChI=1S/2C10H17N3O6S.CH2O3/c2*11-5(10(18)19)1-2-7(14)13-6(4-20)9(17)12-3-8(15)16;2-1(3)4/h2*5-6,20H,1-4,11H2,(H,12,17)(H,13,14)(H,15,16)(H,18,19);(H2,2,3,4)/t2*5-,6-;/m00./s1. The summed E-state index contributed by atoms with van der Waals surface area (Å²) < 4.78 is 0. The van der Waals surface area contributed by atoms with Crippen molar-refractivity contribution >= 4 is 78.9 Å². The number of amides is 4. The molecule has 0 aliphatic carbocycles.